The summed E-state index contributed by atoms with van der Waals surface area (Å²) in [5, 5.41) is 33.5. The Morgan fingerprint density at radius 1 is 0.935 bits per heavy atom. The molecule has 1 unspecified atom stereocenters. The summed E-state index contributed by atoms with van der Waals surface area (Å²) in [6, 6.07) is 21.6. The van der Waals surface area contributed by atoms with Gasteiger partial charge in [0.2, 0.25) is 0 Å². The van der Waals surface area contributed by atoms with Crippen molar-refractivity contribution in [1.29, 1.82) is 0 Å². The highest BCUT2D eigenvalue weighted by atomic mass is 32.2. The number of aromatic nitrogens is 5. The van der Waals surface area contributed by atoms with Crippen LogP contribution in [0.15, 0.2) is 96.4 Å². The number of hydrogen-bond acceptors (Lipinski definition) is 7. The summed E-state index contributed by atoms with van der Waals surface area (Å²) in [4.78, 5) is 5.35. The van der Waals surface area contributed by atoms with E-state index in [4.69, 9.17) is 10.1 Å². The van der Waals surface area contributed by atoms with Gasteiger partial charge in [-0.25, -0.2) is 18.8 Å². The van der Waals surface area contributed by atoms with Gasteiger partial charge in [0.15, 0.2) is 5.65 Å². The van der Waals surface area contributed by atoms with Gasteiger partial charge in [0.25, 0.3) is 0 Å². The summed E-state index contributed by atoms with van der Waals surface area (Å²) in [6.45, 7) is 8.63. The smallest absolute Gasteiger partial charge is 0.162 e. The Morgan fingerprint density at radius 2 is 1.65 bits per heavy atom. The molecule has 5 N–H and O–H groups in total. The second-order valence-electron chi connectivity index (χ2n) is 10.8. The molecule has 1 saturated heterocycles. The summed E-state index contributed by atoms with van der Waals surface area (Å²) in [6.07, 6.45) is 8.84. The molecule has 3 aromatic heterocycles. The first-order valence-electron chi connectivity index (χ1n) is 15.7. The number of hydrogen-bond donors (Lipinski definition) is 4. The number of nitrogens with zero attached hydrogens (tertiary/aromatic N) is 5. The number of aliphatic hydroxyl groups is 1. The van der Waals surface area contributed by atoms with E-state index < -0.39 is 16.6 Å². The van der Waals surface area contributed by atoms with Crippen LogP contribution in [-0.2, 0) is 23.1 Å². The lowest BCUT2D eigenvalue weighted by atomic mass is 9.84. The van der Waals surface area contributed by atoms with Gasteiger partial charge in [-0.2, -0.15) is 10.2 Å². The third-order valence-electron chi connectivity index (χ3n) is 8.21. The first-order chi connectivity index (χ1) is 22.4. The monoisotopic (exact) mass is 638 g/mol. The van der Waals surface area contributed by atoms with E-state index in [2.05, 4.69) is 27.8 Å². The number of rotatable bonds is 6. The molecule has 240 valence electrons. The topological polar surface area (TPSA) is 135 Å². The number of fused-ring (bicyclic) bond motifs is 2. The molecule has 0 radical (unpaired) electrons. The van der Waals surface area contributed by atoms with Gasteiger partial charge in [0.05, 0.1) is 22.9 Å². The quantitative estimate of drug-likeness (QED) is 0.183. The fourth-order valence-electron chi connectivity index (χ4n) is 5.79. The summed E-state index contributed by atoms with van der Waals surface area (Å²) in [5.41, 5.74) is 4.73. The Hall–Kier alpha value is -4.42. The van der Waals surface area contributed by atoms with Crippen LogP contribution in [0.4, 0.5) is 5.82 Å². The Morgan fingerprint density at radius 3 is 2.30 bits per heavy atom. The normalized spacial score (nSPS) is 14.6. The molecule has 0 saturated carbocycles. The van der Waals surface area contributed by atoms with Crippen molar-refractivity contribution < 1.29 is 9.32 Å². The number of piperidine rings is 1. The predicted octanol–water partition coefficient (Wildman–Crippen LogP) is 5.74. The maximum atomic E-state index is 12.0. The number of nitrogens with two attached hydrogens (primary N) is 1. The highest BCUT2D eigenvalue weighted by molar-refractivity contribution is 7.83. The van der Waals surface area contributed by atoms with Crippen LogP contribution < -0.4 is 15.8 Å². The average molecular weight is 639 g/mol. The predicted molar refractivity (Wildman–Crippen MR) is 187 cm³/mol. The minimum absolute atomic E-state index is 0.605. The van der Waals surface area contributed by atoms with Crippen molar-refractivity contribution in [3.05, 3.63) is 97.1 Å². The highest BCUT2D eigenvalue weighted by Gasteiger charge is 2.30. The molecule has 1 aliphatic heterocycles. The fraction of sp³-hybridized carbons (Fsp3) is 0.286. The largest absolute Gasteiger partial charge is 0.385 e. The summed E-state index contributed by atoms with van der Waals surface area (Å²) in [7, 11) is 0.320. The van der Waals surface area contributed by atoms with E-state index >= 15 is 0 Å². The van der Waals surface area contributed by atoms with E-state index in [0.29, 0.717) is 17.7 Å². The molecule has 0 spiro atoms. The Labute approximate surface area is 272 Å². The molecular weight excluding hydrogens is 597 g/mol. The van der Waals surface area contributed by atoms with Gasteiger partial charge in [0.1, 0.15) is 16.8 Å². The lowest BCUT2D eigenvalue weighted by molar-refractivity contribution is 0.00595. The van der Waals surface area contributed by atoms with Crippen molar-refractivity contribution in [1.82, 2.24) is 29.7 Å². The van der Waals surface area contributed by atoms with E-state index in [0.717, 1.165) is 69.7 Å². The summed E-state index contributed by atoms with van der Waals surface area (Å²) in [5.74, 6) is 1.07. The van der Waals surface area contributed by atoms with E-state index in [9.17, 15) is 9.32 Å². The molecule has 10 nitrogen and oxygen atoms in total. The third kappa shape index (κ3) is 6.73. The van der Waals surface area contributed by atoms with Crippen LogP contribution in [0.1, 0.15) is 39.2 Å². The molecule has 0 amide bonds. The van der Waals surface area contributed by atoms with E-state index in [1.54, 1.807) is 10.7 Å². The number of nitrogens with one attached hydrogen (secondary N) is 2. The van der Waals surface area contributed by atoms with Gasteiger partial charge >= 0.3 is 0 Å². The number of benzene rings is 3. The Bertz CT molecular complexity index is 1910. The molecule has 3 aromatic carbocycles. The van der Waals surface area contributed by atoms with Crippen LogP contribution in [0.25, 0.3) is 38.7 Å². The zero-order chi connectivity index (χ0) is 32.7. The molecule has 11 heteroatoms. The maximum absolute atomic E-state index is 12.0. The third-order valence-corrected chi connectivity index (χ3v) is 9.00. The molecule has 4 heterocycles. The average Bonchev–Trinajstić information content (AvgIpc) is 3.76. The minimum Gasteiger partial charge on any atom is -0.385 e. The van der Waals surface area contributed by atoms with Gasteiger partial charge in [0, 0.05) is 43.2 Å². The summed E-state index contributed by atoms with van der Waals surface area (Å²) >= 11 is 0. The molecule has 6 aromatic rings. The van der Waals surface area contributed by atoms with Crippen LogP contribution in [0.2, 0.25) is 0 Å². The minimum atomic E-state index is -1.57. The molecule has 1 atom stereocenters. The second-order valence-corrected chi connectivity index (χ2v) is 11.8. The zero-order valence-corrected chi connectivity index (χ0v) is 27.6. The van der Waals surface area contributed by atoms with Crippen LogP contribution in [0.5, 0.6) is 0 Å². The molecule has 7 rings (SSSR count). The van der Waals surface area contributed by atoms with Crippen LogP contribution in [0, 0.1) is 0 Å². The molecule has 46 heavy (non-hydrogen) atoms. The van der Waals surface area contributed by atoms with Crippen molar-refractivity contribution in [3.63, 3.8) is 0 Å². The van der Waals surface area contributed by atoms with E-state index in [1.807, 2.05) is 111 Å². The molecule has 0 bridgehead atoms. The van der Waals surface area contributed by atoms with Crippen LogP contribution in [-0.4, -0.2) is 53.8 Å². The van der Waals surface area contributed by atoms with Crippen molar-refractivity contribution in [3.8, 4) is 22.3 Å². The van der Waals surface area contributed by atoms with Gasteiger partial charge in [-0.3, -0.25) is 4.68 Å². The van der Waals surface area contributed by atoms with Crippen molar-refractivity contribution in [2.24, 2.45) is 5.14 Å². The fourth-order valence-corrected chi connectivity index (χ4v) is 6.39. The van der Waals surface area contributed by atoms with Crippen LogP contribution >= 0.6 is 0 Å². The lowest BCUT2D eigenvalue weighted by Crippen LogP contribution is -2.39. The maximum Gasteiger partial charge on any atom is 0.162 e. The van der Waals surface area contributed by atoms with Gasteiger partial charge in [-0.1, -0.05) is 68.4 Å². The van der Waals surface area contributed by atoms with Gasteiger partial charge in [-0.05, 0) is 66.4 Å². The second kappa shape index (κ2) is 14.8. The van der Waals surface area contributed by atoms with Gasteiger partial charge in [-0.15, -0.1) is 0 Å². The first kappa shape index (κ1) is 33.0. The summed E-state index contributed by atoms with van der Waals surface area (Å²) < 4.78 is 15.7. The zero-order valence-electron chi connectivity index (χ0n) is 26.8. The molecule has 1 aliphatic rings. The molecule has 0 aliphatic carbocycles. The van der Waals surface area contributed by atoms with Crippen molar-refractivity contribution in [2.45, 2.75) is 50.7 Å². The number of aryl methyl sites for hydroxylation is 1. The number of anilines is 1. The standard InChI is InChI=1S/C27H25N5O2S.C6H11N3.C2H6/c28-35(34)25-10-9-22(21-3-1-2-4-23(21)25)24-16-31-32-17-19(15-30-26(24)32)18-5-7-20(8-6-18)27(33)11-13-29-14-12-27;1-3-9-6(7-2)4-5-8-9;1-2/h1-10,15-17,29,33H,11-14,28H2;4-5,7H,3H2,1-2H3;1-2H3. The van der Waals surface area contributed by atoms with Crippen LogP contribution in [0.3, 0.4) is 0 Å². The Balaban J connectivity index is 0.000000325. The first-order valence-corrected chi connectivity index (χ1v) is 16.9. The van der Waals surface area contributed by atoms with E-state index in [-0.39, 0.29) is 0 Å². The van der Waals surface area contributed by atoms with E-state index in [1.165, 1.54) is 0 Å². The molecule has 1 fully saturated rings. The van der Waals surface area contributed by atoms with Crippen molar-refractivity contribution >= 4 is 33.2 Å². The van der Waals surface area contributed by atoms with Gasteiger partial charge < -0.3 is 15.7 Å². The van der Waals surface area contributed by atoms with Crippen molar-refractivity contribution in [2.75, 3.05) is 25.5 Å². The molecular formula is C35H42N8O2S. The SMILES string of the molecule is CC.CCn1nccc1NC.NS(=O)c1ccc(-c2cnn3cc(-c4ccc(C5(O)CCNCC5)cc4)cnc23)c2ccccc12. The highest BCUT2D eigenvalue weighted by Crippen LogP contribution is 2.35. The lowest BCUT2D eigenvalue weighted by Gasteiger charge is -2.33. The Kier molecular flexibility index (Phi) is 10.6.